The van der Waals surface area contributed by atoms with E-state index in [1.165, 1.54) is 25.7 Å². The first-order valence-electron chi connectivity index (χ1n) is 4.23. The van der Waals surface area contributed by atoms with Crippen LogP contribution in [-0.2, 0) is 0 Å². The van der Waals surface area contributed by atoms with E-state index in [0.29, 0.717) is 6.04 Å². The van der Waals surface area contributed by atoms with Crippen molar-refractivity contribution in [3.05, 3.63) is 0 Å². The summed E-state index contributed by atoms with van der Waals surface area (Å²) in [7, 11) is 0. The molecule has 11 heavy (non-hydrogen) atoms. The summed E-state index contributed by atoms with van der Waals surface area (Å²) in [6.07, 6.45) is 4.97. The zero-order chi connectivity index (χ0) is 8.53. The summed E-state index contributed by atoms with van der Waals surface area (Å²) < 4.78 is 0. The van der Waals surface area contributed by atoms with Crippen LogP contribution in [0.5, 0.6) is 0 Å². The highest BCUT2D eigenvalue weighted by Crippen LogP contribution is 2.21. The topological polar surface area (TPSA) is 24.7 Å². The molecule has 0 aromatic heterocycles. The second kappa shape index (κ2) is 7.45. The van der Waals surface area contributed by atoms with Crippen LogP contribution in [0, 0.1) is 0 Å². The maximum Gasteiger partial charge on any atom is 0.0494 e. The Balaban J connectivity index is 0.000000183. The van der Waals surface area contributed by atoms with Crippen LogP contribution in [0.2, 0.25) is 0 Å². The van der Waals surface area contributed by atoms with Gasteiger partial charge in [-0.1, -0.05) is 13.3 Å². The second-order valence-electron chi connectivity index (χ2n) is 2.71. The first-order chi connectivity index (χ1) is 5.35. The van der Waals surface area contributed by atoms with Gasteiger partial charge in [-0.05, 0) is 32.7 Å². The molecule has 1 fully saturated rings. The Morgan fingerprint density at radius 1 is 1.36 bits per heavy atom. The standard InChI is InChI=1S/C5H11N.C4H7N/c1-3-4-5-6-2;1-5-4-2-3-4/h2-5H2,1H3;4H,1-3H2. The van der Waals surface area contributed by atoms with Gasteiger partial charge in [0.1, 0.15) is 0 Å². The smallest absolute Gasteiger partial charge is 0.0494 e. The van der Waals surface area contributed by atoms with Crippen molar-refractivity contribution in [2.75, 3.05) is 6.54 Å². The van der Waals surface area contributed by atoms with Gasteiger partial charge >= 0.3 is 0 Å². The molecule has 1 aliphatic carbocycles. The molecule has 0 aromatic rings. The first kappa shape index (κ1) is 10.3. The SMILES string of the molecule is C=NC1CC1.C=NCCCC. The van der Waals surface area contributed by atoms with Gasteiger partial charge in [0.25, 0.3) is 0 Å². The molecule has 1 saturated carbocycles. The number of unbranched alkanes of at least 4 members (excludes halogenated alkanes) is 1. The van der Waals surface area contributed by atoms with Crippen molar-refractivity contribution in [1.29, 1.82) is 0 Å². The number of nitrogens with zero attached hydrogens (tertiary/aromatic N) is 2. The molecule has 0 bridgehead atoms. The first-order valence-corrected chi connectivity index (χ1v) is 4.23. The fourth-order valence-corrected chi connectivity index (χ4v) is 0.527. The van der Waals surface area contributed by atoms with Gasteiger partial charge in [-0.15, -0.1) is 0 Å². The van der Waals surface area contributed by atoms with E-state index in [4.69, 9.17) is 0 Å². The average molecular weight is 154 g/mol. The van der Waals surface area contributed by atoms with Crippen LogP contribution in [0.15, 0.2) is 9.98 Å². The maximum atomic E-state index is 3.75. The minimum atomic E-state index is 0.648. The Morgan fingerprint density at radius 3 is 2.09 bits per heavy atom. The lowest BCUT2D eigenvalue weighted by Crippen LogP contribution is -1.73. The summed E-state index contributed by atoms with van der Waals surface area (Å²) in [4.78, 5) is 7.43. The molecule has 0 unspecified atom stereocenters. The molecule has 0 aromatic carbocycles. The van der Waals surface area contributed by atoms with Crippen LogP contribution in [-0.4, -0.2) is 26.0 Å². The van der Waals surface area contributed by atoms with Crippen LogP contribution in [0.1, 0.15) is 32.6 Å². The summed E-state index contributed by atoms with van der Waals surface area (Å²) >= 11 is 0. The second-order valence-corrected chi connectivity index (χ2v) is 2.71. The summed E-state index contributed by atoms with van der Waals surface area (Å²) in [6, 6.07) is 0.648. The molecule has 0 N–H and O–H groups in total. The third-order valence-electron chi connectivity index (χ3n) is 1.47. The summed E-state index contributed by atoms with van der Waals surface area (Å²) in [6.45, 7) is 9.79. The van der Waals surface area contributed by atoms with E-state index >= 15 is 0 Å². The number of hydrogen-bond donors (Lipinski definition) is 0. The van der Waals surface area contributed by atoms with E-state index in [-0.39, 0.29) is 0 Å². The molecule has 0 aliphatic heterocycles. The summed E-state index contributed by atoms with van der Waals surface area (Å²) in [5, 5.41) is 0. The highest BCUT2D eigenvalue weighted by molar-refractivity contribution is 5.25. The van der Waals surface area contributed by atoms with E-state index in [1.807, 2.05) is 0 Å². The molecule has 64 valence electrons. The highest BCUT2D eigenvalue weighted by Gasteiger charge is 2.17. The van der Waals surface area contributed by atoms with Crippen molar-refractivity contribution in [1.82, 2.24) is 0 Å². The molecule has 0 spiro atoms. The third-order valence-corrected chi connectivity index (χ3v) is 1.47. The Kier molecular flexibility index (Phi) is 7.00. The zero-order valence-electron chi connectivity index (χ0n) is 7.42. The van der Waals surface area contributed by atoms with E-state index in [9.17, 15) is 0 Å². The molecule has 1 rings (SSSR count). The molecular formula is C9H18N2. The lowest BCUT2D eigenvalue weighted by atomic mass is 10.3. The van der Waals surface area contributed by atoms with Gasteiger partial charge < -0.3 is 4.99 Å². The number of aliphatic imine (C=N–C) groups is 2. The van der Waals surface area contributed by atoms with Gasteiger partial charge in [-0.2, -0.15) is 0 Å². The van der Waals surface area contributed by atoms with Gasteiger partial charge in [-0.3, -0.25) is 4.99 Å². The van der Waals surface area contributed by atoms with Gasteiger partial charge in [-0.25, -0.2) is 0 Å². The van der Waals surface area contributed by atoms with Crippen LogP contribution in [0.25, 0.3) is 0 Å². The molecule has 1 aliphatic rings. The Labute approximate surface area is 69.4 Å². The fraction of sp³-hybridized carbons (Fsp3) is 0.778. The van der Waals surface area contributed by atoms with Crippen molar-refractivity contribution in [3.63, 3.8) is 0 Å². The van der Waals surface area contributed by atoms with Crippen molar-refractivity contribution >= 4 is 13.4 Å². The lowest BCUT2D eigenvalue weighted by molar-refractivity contribution is 0.811. The lowest BCUT2D eigenvalue weighted by Gasteiger charge is -1.82. The zero-order valence-corrected chi connectivity index (χ0v) is 7.42. The van der Waals surface area contributed by atoms with Gasteiger partial charge in [0, 0.05) is 12.6 Å². The quantitative estimate of drug-likeness (QED) is 0.438. The van der Waals surface area contributed by atoms with Crippen LogP contribution >= 0.6 is 0 Å². The summed E-state index contributed by atoms with van der Waals surface area (Å²) in [5.41, 5.74) is 0. The predicted octanol–water partition coefficient (Wildman–Crippen LogP) is 2.34. The maximum absolute atomic E-state index is 3.75. The molecule has 0 amide bonds. The van der Waals surface area contributed by atoms with Crippen molar-refractivity contribution in [3.8, 4) is 0 Å². The predicted molar refractivity (Wildman–Crippen MR) is 51.9 cm³/mol. The molecule has 0 saturated heterocycles. The Hall–Kier alpha value is -0.660. The van der Waals surface area contributed by atoms with E-state index in [2.05, 4.69) is 30.3 Å². The van der Waals surface area contributed by atoms with Crippen LogP contribution in [0.4, 0.5) is 0 Å². The largest absolute Gasteiger partial charge is 0.301 e. The number of hydrogen-bond acceptors (Lipinski definition) is 2. The number of rotatable bonds is 4. The average Bonchev–Trinajstić information content (AvgIpc) is 2.84. The molecule has 0 radical (unpaired) electrons. The third kappa shape index (κ3) is 9.34. The van der Waals surface area contributed by atoms with Gasteiger partial charge in [0.15, 0.2) is 0 Å². The van der Waals surface area contributed by atoms with Crippen molar-refractivity contribution < 1.29 is 0 Å². The van der Waals surface area contributed by atoms with Gasteiger partial charge in [0.2, 0.25) is 0 Å². The van der Waals surface area contributed by atoms with Crippen LogP contribution in [0.3, 0.4) is 0 Å². The van der Waals surface area contributed by atoms with E-state index in [0.717, 1.165) is 6.54 Å². The van der Waals surface area contributed by atoms with E-state index in [1.54, 1.807) is 0 Å². The van der Waals surface area contributed by atoms with Crippen LogP contribution < -0.4 is 0 Å². The highest BCUT2D eigenvalue weighted by atomic mass is 14.8. The summed E-state index contributed by atoms with van der Waals surface area (Å²) in [5.74, 6) is 0. The monoisotopic (exact) mass is 154 g/mol. The normalized spacial score (nSPS) is 14.6. The fourth-order valence-electron chi connectivity index (χ4n) is 0.527. The van der Waals surface area contributed by atoms with E-state index < -0.39 is 0 Å². The van der Waals surface area contributed by atoms with Gasteiger partial charge in [0.05, 0.1) is 0 Å². The Morgan fingerprint density at radius 2 is 2.00 bits per heavy atom. The molecule has 2 heteroatoms. The minimum absolute atomic E-state index is 0.648. The minimum Gasteiger partial charge on any atom is -0.301 e. The molecule has 2 nitrogen and oxygen atoms in total. The van der Waals surface area contributed by atoms with Crippen molar-refractivity contribution in [2.45, 2.75) is 38.6 Å². The molecule has 0 heterocycles. The molecular weight excluding hydrogens is 136 g/mol. The Bertz CT molecular complexity index is 106. The van der Waals surface area contributed by atoms with Crippen molar-refractivity contribution in [2.24, 2.45) is 9.98 Å². The molecule has 0 atom stereocenters.